The van der Waals surface area contributed by atoms with Crippen LogP contribution in [-0.2, 0) is 4.79 Å². The van der Waals surface area contributed by atoms with Gasteiger partial charge < -0.3 is 15.7 Å². The topological polar surface area (TPSA) is 78.4 Å². The highest BCUT2D eigenvalue weighted by atomic mass is 35.5. The molecule has 18 heavy (non-hydrogen) atoms. The van der Waals surface area contributed by atoms with Crippen LogP contribution in [0.15, 0.2) is 18.2 Å². The SMILES string of the molecule is Cc1c(Cl)cccc1NC(=O)NC(C)CC(=O)O. The normalized spacial score (nSPS) is 11.7. The summed E-state index contributed by atoms with van der Waals surface area (Å²) in [5, 5.41) is 14.3. The second-order valence-corrected chi connectivity index (χ2v) is 4.42. The molecule has 98 valence electrons. The first-order chi connectivity index (χ1) is 8.40. The Bertz CT molecular complexity index is 463. The molecule has 1 aromatic rings. The highest BCUT2D eigenvalue weighted by Crippen LogP contribution is 2.22. The van der Waals surface area contributed by atoms with Crippen molar-refractivity contribution in [2.24, 2.45) is 0 Å². The quantitative estimate of drug-likeness (QED) is 0.787. The van der Waals surface area contributed by atoms with E-state index in [1.54, 1.807) is 32.0 Å². The predicted octanol–water partition coefficient (Wildman–Crippen LogP) is 2.63. The third-order valence-electron chi connectivity index (χ3n) is 2.37. The molecule has 0 bridgehead atoms. The van der Waals surface area contributed by atoms with E-state index in [4.69, 9.17) is 16.7 Å². The number of amides is 2. The van der Waals surface area contributed by atoms with Crippen LogP contribution in [0.25, 0.3) is 0 Å². The molecule has 0 spiro atoms. The molecule has 1 rings (SSSR count). The molecular formula is C12H15ClN2O3. The zero-order chi connectivity index (χ0) is 13.7. The van der Waals surface area contributed by atoms with Crippen molar-refractivity contribution in [3.8, 4) is 0 Å². The second-order valence-electron chi connectivity index (χ2n) is 4.01. The van der Waals surface area contributed by atoms with Crippen molar-refractivity contribution in [1.29, 1.82) is 0 Å². The number of rotatable bonds is 4. The minimum Gasteiger partial charge on any atom is -0.481 e. The summed E-state index contributed by atoms with van der Waals surface area (Å²) in [7, 11) is 0. The van der Waals surface area contributed by atoms with Gasteiger partial charge in [0.25, 0.3) is 0 Å². The van der Waals surface area contributed by atoms with Gasteiger partial charge in [-0.1, -0.05) is 17.7 Å². The maximum atomic E-state index is 11.6. The van der Waals surface area contributed by atoms with E-state index in [0.717, 1.165) is 5.56 Å². The zero-order valence-corrected chi connectivity index (χ0v) is 10.9. The lowest BCUT2D eigenvalue weighted by Gasteiger charge is -2.14. The summed E-state index contributed by atoms with van der Waals surface area (Å²) in [6.07, 6.45) is -0.123. The Balaban J connectivity index is 2.59. The number of carboxylic acid groups (broad SMARTS) is 1. The number of carbonyl (C=O) groups excluding carboxylic acids is 1. The monoisotopic (exact) mass is 270 g/mol. The number of carboxylic acids is 1. The van der Waals surface area contributed by atoms with Crippen molar-refractivity contribution in [3.63, 3.8) is 0 Å². The third kappa shape index (κ3) is 4.25. The predicted molar refractivity (Wildman–Crippen MR) is 70.1 cm³/mol. The summed E-state index contributed by atoms with van der Waals surface area (Å²) in [5.41, 5.74) is 1.36. The van der Waals surface area contributed by atoms with Crippen LogP contribution in [0.2, 0.25) is 5.02 Å². The Labute approximate surface area is 110 Å². The number of benzene rings is 1. The zero-order valence-electron chi connectivity index (χ0n) is 10.2. The fourth-order valence-corrected chi connectivity index (χ4v) is 1.61. The first-order valence-electron chi connectivity index (χ1n) is 5.44. The molecule has 0 saturated carbocycles. The van der Waals surface area contributed by atoms with Gasteiger partial charge in [0.2, 0.25) is 0 Å². The molecule has 0 aliphatic heterocycles. The molecule has 1 aromatic carbocycles. The van der Waals surface area contributed by atoms with Crippen LogP contribution in [0.4, 0.5) is 10.5 Å². The van der Waals surface area contributed by atoms with E-state index in [2.05, 4.69) is 10.6 Å². The van der Waals surface area contributed by atoms with Crippen LogP contribution in [0, 0.1) is 6.92 Å². The van der Waals surface area contributed by atoms with Gasteiger partial charge in [0.05, 0.1) is 6.42 Å². The Kier molecular flexibility index (Phi) is 4.97. The fourth-order valence-electron chi connectivity index (χ4n) is 1.44. The van der Waals surface area contributed by atoms with E-state index >= 15 is 0 Å². The van der Waals surface area contributed by atoms with Crippen molar-refractivity contribution in [2.75, 3.05) is 5.32 Å². The van der Waals surface area contributed by atoms with Crippen molar-refractivity contribution in [2.45, 2.75) is 26.3 Å². The number of hydrogen-bond acceptors (Lipinski definition) is 2. The van der Waals surface area contributed by atoms with E-state index < -0.39 is 18.0 Å². The van der Waals surface area contributed by atoms with Crippen LogP contribution in [0.1, 0.15) is 18.9 Å². The lowest BCUT2D eigenvalue weighted by Crippen LogP contribution is -2.37. The van der Waals surface area contributed by atoms with Crippen molar-refractivity contribution < 1.29 is 14.7 Å². The number of halogens is 1. The molecule has 0 heterocycles. The summed E-state index contributed by atoms with van der Waals surface area (Å²) in [4.78, 5) is 22.1. The molecule has 0 aliphatic carbocycles. The molecule has 2 amide bonds. The molecule has 6 heteroatoms. The van der Waals surface area contributed by atoms with Gasteiger partial charge in [-0.25, -0.2) is 4.79 Å². The van der Waals surface area contributed by atoms with Gasteiger partial charge in [-0.15, -0.1) is 0 Å². The molecule has 1 unspecified atom stereocenters. The maximum Gasteiger partial charge on any atom is 0.319 e. The van der Waals surface area contributed by atoms with Gasteiger partial charge in [-0.3, -0.25) is 4.79 Å². The standard InChI is InChI=1S/C12H15ClN2O3/c1-7(6-11(16)17)14-12(18)15-10-5-3-4-9(13)8(10)2/h3-5,7H,6H2,1-2H3,(H,16,17)(H2,14,15,18). The minimum atomic E-state index is -0.957. The Morgan fingerprint density at radius 1 is 1.44 bits per heavy atom. The Morgan fingerprint density at radius 3 is 2.72 bits per heavy atom. The molecule has 3 N–H and O–H groups in total. The van der Waals surface area contributed by atoms with Gasteiger partial charge in [-0.2, -0.15) is 0 Å². The highest BCUT2D eigenvalue weighted by molar-refractivity contribution is 6.31. The molecule has 0 aromatic heterocycles. The van der Waals surface area contributed by atoms with E-state index in [1.807, 2.05) is 0 Å². The van der Waals surface area contributed by atoms with Crippen LogP contribution >= 0.6 is 11.6 Å². The summed E-state index contributed by atoms with van der Waals surface area (Å²) >= 11 is 5.92. The van der Waals surface area contributed by atoms with Crippen molar-refractivity contribution in [1.82, 2.24) is 5.32 Å². The molecular weight excluding hydrogens is 256 g/mol. The van der Waals surface area contributed by atoms with Crippen molar-refractivity contribution in [3.05, 3.63) is 28.8 Å². The summed E-state index contributed by atoms with van der Waals surface area (Å²) < 4.78 is 0. The maximum absolute atomic E-state index is 11.6. The molecule has 5 nitrogen and oxygen atoms in total. The second kappa shape index (κ2) is 6.26. The van der Waals surface area contributed by atoms with Crippen molar-refractivity contribution >= 4 is 29.3 Å². The lowest BCUT2D eigenvalue weighted by atomic mass is 10.2. The first kappa shape index (κ1) is 14.3. The van der Waals surface area contributed by atoms with Gasteiger partial charge in [0, 0.05) is 16.8 Å². The minimum absolute atomic E-state index is 0.123. The summed E-state index contributed by atoms with van der Waals surface area (Å²) in [5.74, 6) is -0.957. The number of anilines is 1. The first-order valence-corrected chi connectivity index (χ1v) is 5.82. The fraction of sp³-hybridized carbons (Fsp3) is 0.333. The molecule has 1 atom stereocenters. The Hall–Kier alpha value is -1.75. The van der Waals surface area contributed by atoms with Gasteiger partial charge in [0.1, 0.15) is 0 Å². The molecule has 0 radical (unpaired) electrons. The number of nitrogens with one attached hydrogen (secondary N) is 2. The number of aliphatic carboxylic acids is 1. The lowest BCUT2D eigenvalue weighted by molar-refractivity contribution is -0.137. The number of urea groups is 1. The average Bonchev–Trinajstić information content (AvgIpc) is 2.23. The van der Waals surface area contributed by atoms with E-state index in [-0.39, 0.29) is 6.42 Å². The van der Waals surface area contributed by atoms with Crippen LogP contribution < -0.4 is 10.6 Å². The number of hydrogen-bond donors (Lipinski definition) is 3. The highest BCUT2D eigenvalue weighted by Gasteiger charge is 2.12. The molecule has 0 fully saturated rings. The van der Waals surface area contributed by atoms with E-state index in [9.17, 15) is 9.59 Å². The molecule has 0 aliphatic rings. The molecule has 0 saturated heterocycles. The van der Waals surface area contributed by atoms with Crippen LogP contribution in [-0.4, -0.2) is 23.1 Å². The van der Waals surface area contributed by atoms with Gasteiger partial charge in [-0.05, 0) is 31.5 Å². The largest absolute Gasteiger partial charge is 0.481 e. The van der Waals surface area contributed by atoms with E-state index in [0.29, 0.717) is 10.7 Å². The van der Waals surface area contributed by atoms with Gasteiger partial charge >= 0.3 is 12.0 Å². The smallest absolute Gasteiger partial charge is 0.319 e. The van der Waals surface area contributed by atoms with E-state index in [1.165, 1.54) is 0 Å². The van der Waals surface area contributed by atoms with Crippen LogP contribution in [0.3, 0.4) is 0 Å². The van der Waals surface area contributed by atoms with Gasteiger partial charge in [0.15, 0.2) is 0 Å². The Morgan fingerprint density at radius 2 is 2.11 bits per heavy atom. The third-order valence-corrected chi connectivity index (χ3v) is 2.78. The summed E-state index contributed by atoms with van der Waals surface area (Å²) in [6.45, 7) is 3.41. The number of carbonyl (C=O) groups is 2. The average molecular weight is 271 g/mol. The van der Waals surface area contributed by atoms with Crippen LogP contribution in [0.5, 0.6) is 0 Å². The summed E-state index contributed by atoms with van der Waals surface area (Å²) in [6, 6.07) is 4.29.